The van der Waals surface area contributed by atoms with Gasteiger partial charge < -0.3 is 10.6 Å². The second-order valence-corrected chi connectivity index (χ2v) is 3.90. The lowest BCUT2D eigenvalue weighted by Crippen LogP contribution is -2.34. The van der Waals surface area contributed by atoms with Crippen LogP contribution in [0, 0.1) is 6.92 Å². The molecule has 3 heteroatoms. The summed E-state index contributed by atoms with van der Waals surface area (Å²) < 4.78 is 0. The molecule has 0 aliphatic rings. The first-order chi connectivity index (χ1) is 7.11. The molecule has 15 heavy (non-hydrogen) atoms. The van der Waals surface area contributed by atoms with Crippen molar-refractivity contribution in [1.82, 2.24) is 5.32 Å². The quantitative estimate of drug-likeness (QED) is 0.605. The Bertz CT molecular complexity index is 343. The lowest BCUT2D eigenvalue weighted by atomic mass is 10.2. The molecule has 0 aliphatic heterocycles. The first-order valence-electron chi connectivity index (χ1n) is 4.88. The van der Waals surface area contributed by atoms with Gasteiger partial charge in [-0.1, -0.05) is 23.8 Å². The second-order valence-electron chi connectivity index (χ2n) is 3.49. The Kier molecular flexibility index (Phi) is 4.31. The number of thiocarbonyl (C=S) groups is 1. The van der Waals surface area contributed by atoms with Crippen LogP contribution in [0.2, 0.25) is 0 Å². The molecule has 1 rings (SSSR count). The Morgan fingerprint density at radius 2 is 2.00 bits per heavy atom. The molecule has 0 radical (unpaired) electrons. The SMILES string of the molecule is C=CC(C)NC(=S)Nc1ccc(C)cc1. The maximum absolute atomic E-state index is 5.14. The molecule has 1 aromatic carbocycles. The van der Waals surface area contributed by atoms with Crippen LogP contribution in [0.25, 0.3) is 0 Å². The van der Waals surface area contributed by atoms with Crippen LogP contribution in [-0.4, -0.2) is 11.2 Å². The average Bonchev–Trinajstić information content (AvgIpc) is 2.21. The topological polar surface area (TPSA) is 24.1 Å². The minimum atomic E-state index is 0.176. The van der Waals surface area contributed by atoms with Gasteiger partial charge in [0, 0.05) is 11.7 Å². The summed E-state index contributed by atoms with van der Waals surface area (Å²) in [4.78, 5) is 0. The standard InChI is InChI=1S/C12H16N2S/c1-4-10(3)13-12(15)14-11-7-5-9(2)6-8-11/h4-8,10H,1H2,2-3H3,(H2,13,14,15). The molecule has 80 valence electrons. The highest BCUT2D eigenvalue weighted by Gasteiger charge is 1.99. The van der Waals surface area contributed by atoms with E-state index in [1.54, 1.807) is 0 Å². The van der Waals surface area contributed by atoms with Gasteiger partial charge in [0.15, 0.2) is 5.11 Å². The lowest BCUT2D eigenvalue weighted by molar-refractivity contribution is 0.815. The number of aryl methyl sites for hydroxylation is 1. The number of rotatable bonds is 3. The third kappa shape index (κ3) is 4.13. The van der Waals surface area contributed by atoms with Crippen LogP contribution in [0.5, 0.6) is 0 Å². The first kappa shape index (κ1) is 11.7. The molecule has 0 amide bonds. The van der Waals surface area contributed by atoms with E-state index in [0.29, 0.717) is 5.11 Å². The number of benzene rings is 1. The molecule has 1 aromatic rings. The van der Waals surface area contributed by atoms with Gasteiger partial charge in [-0.25, -0.2) is 0 Å². The number of hydrogen-bond acceptors (Lipinski definition) is 1. The highest BCUT2D eigenvalue weighted by molar-refractivity contribution is 7.80. The van der Waals surface area contributed by atoms with E-state index in [4.69, 9.17) is 12.2 Å². The van der Waals surface area contributed by atoms with E-state index in [9.17, 15) is 0 Å². The summed E-state index contributed by atoms with van der Waals surface area (Å²) in [6.45, 7) is 7.73. The van der Waals surface area contributed by atoms with E-state index in [0.717, 1.165) is 5.69 Å². The van der Waals surface area contributed by atoms with Gasteiger partial charge in [0.1, 0.15) is 0 Å². The zero-order chi connectivity index (χ0) is 11.3. The van der Waals surface area contributed by atoms with Crippen molar-refractivity contribution in [3.63, 3.8) is 0 Å². The largest absolute Gasteiger partial charge is 0.357 e. The molecule has 2 N–H and O–H groups in total. The molecule has 0 aliphatic carbocycles. The van der Waals surface area contributed by atoms with Crippen LogP contribution < -0.4 is 10.6 Å². The minimum absolute atomic E-state index is 0.176. The molecule has 1 atom stereocenters. The van der Waals surface area contributed by atoms with Gasteiger partial charge in [-0.2, -0.15) is 0 Å². The number of nitrogens with one attached hydrogen (secondary N) is 2. The van der Waals surface area contributed by atoms with Gasteiger partial charge >= 0.3 is 0 Å². The van der Waals surface area contributed by atoms with Gasteiger partial charge in [-0.15, -0.1) is 6.58 Å². The third-order valence-electron chi connectivity index (χ3n) is 2.02. The van der Waals surface area contributed by atoms with Crippen molar-refractivity contribution in [2.75, 3.05) is 5.32 Å². The van der Waals surface area contributed by atoms with Gasteiger partial charge in [-0.3, -0.25) is 0 Å². The van der Waals surface area contributed by atoms with Crippen LogP contribution >= 0.6 is 12.2 Å². The summed E-state index contributed by atoms with van der Waals surface area (Å²) in [6, 6.07) is 8.27. The molecular weight excluding hydrogens is 204 g/mol. The summed E-state index contributed by atoms with van der Waals surface area (Å²) in [5.74, 6) is 0. The molecule has 1 unspecified atom stereocenters. The lowest BCUT2D eigenvalue weighted by Gasteiger charge is -2.13. The Morgan fingerprint density at radius 1 is 1.40 bits per heavy atom. The van der Waals surface area contributed by atoms with Crippen molar-refractivity contribution in [3.05, 3.63) is 42.5 Å². The highest BCUT2D eigenvalue weighted by Crippen LogP contribution is 2.08. The summed E-state index contributed by atoms with van der Waals surface area (Å²) in [6.07, 6.45) is 1.81. The zero-order valence-corrected chi connectivity index (χ0v) is 9.90. The predicted molar refractivity (Wildman–Crippen MR) is 70.2 cm³/mol. The summed E-state index contributed by atoms with van der Waals surface area (Å²) in [7, 11) is 0. The van der Waals surface area contributed by atoms with Crippen LogP contribution in [0.4, 0.5) is 5.69 Å². The van der Waals surface area contributed by atoms with E-state index < -0.39 is 0 Å². The minimum Gasteiger partial charge on any atom is -0.357 e. The van der Waals surface area contributed by atoms with E-state index in [1.807, 2.05) is 37.3 Å². The molecule has 0 aromatic heterocycles. The molecule has 0 saturated carbocycles. The maximum Gasteiger partial charge on any atom is 0.171 e. The zero-order valence-electron chi connectivity index (χ0n) is 9.08. The Hall–Kier alpha value is -1.35. The van der Waals surface area contributed by atoms with Gasteiger partial charge in [-0.05, 0) is 38.2 Å². The molecule has 0 fully saturated rings. The summed E-state index contributed by atoms with van der Waals surface area (Å²) in [5, 5.41) is 6.82. The van der Waals surface area contributed by atoms with E-state index in [1.165, 1.54) is 5.56 Å². The smallest absolute Gasteiger partial charge is 0.171 e. The predicted octanol–water partition coefficient (Wildman–Crippen LogP) is 2.86. The fraction of sp³-hybridized carbons (Fsp3) is 0.250. The fourth-order valence-electron chi connectivity index (χ4n) is 1.07. The molecule has 0 spiro atoms. The molecular formula is C12H16N2S. The van der Waals surface area contributed by atoms with Crippen LogP contribution in [0.3, 0.4) is 0 Å². The number of anilines is 1. The molecule has 0 saturated heterocycles. The molecule has 0 heterocycles. The van der Waals surface area contributed by atoms with Gasteiger partial charge in [0.05, 0.1) is 0 Å². The van der Waals surface area contributed by atoms with Gasteiger partial charge in [0.2, 0.25) is 0 Å². The summed E-state index contributed by atoms with van der Waals surface area (Å²) >= 11 is 5.14. The van der Waals surface area contributed by atoms with Crippen LogP contribution in [0.1, 0.15) is 12.5 Å². The summed E-state index contributed by atoms with van der Waals surface area (Å²) in [5.41, 5.74) is 2.23. The van der Waals surface area contributed by atoms with E-state index >= 15 is 0 Å². The van der Waals surface area contributed by atoms with Crippen molar-refractivity contribution in [2.24, 2.45) is 0 Å². The van der Waals surface area contributed by atoms with Crippen molar-refractivity contribution in [2.45, 2.75) is 19.9 Å². The Labute approximate surface area is 96.4 Å². The first-order valence-corrected chi connectivity index (χ1v) is 5.29. The monoisotopic (exact) mass is 220 g/mol. The van der Waals surface area contributed by atoms with E-state index in [-0.39, 0.29) is 6.04 Å². The maximum atomic E-state index is 5.14. The van der Waals surface area contributed by atoms with Crippen molar-refractivity contribution < 1.29 is 0 Å². The third-order valence-corrected chi connectivity index (χ3v) is 2.24. The highest BCUT2D eigenvalue weighted by atomic mass is 32.1. The normalized spacial score (nSPS) is 11.6. The Morgan fingerprint density at radius 3 is 2.53 bits per heavy atom. The van der Waals surface area contributed by atoms with Crippen molar-refractivity contribution in [1.29, 1.82) is 0 Å². The molecule has 0 bridgehead atoms. The molecule has 2 nitrogen and oxygen atoms in total. The van der Waals surface area contributed by atoms with Gasteiger partial charge in [0.25, 0.3) is 0 Å². The number of hydrogen-bond donors (Lipinski definition) is 2. The van der Waals surface area contributed by atoms with Crippen LogP contribution in [0.15, 0.2) is 36.9 Å². The second kappa shape index (κ2) is 5.51. The fourth-order valence-corrected chi connectivity index (χ4v) is 1.37. The van der Waals surface area contributed by atoms with Crippen LogP contribution in [-0.2, 0) is 0 Å². The average molecular weight is 220 g/mol. The Balaban J connectivity index is 2.51. The van der Waals surface area contributed by atoms with Crippen molar-refractivity contribution >= 4 is 23.0 Å². The van der Waals surface area contributed by atoms with E-state index in [2.05, 4.69) is 24.1 Å². The van der Waals surface area contributed by atoms with Crippen molar-refractivity contribution in [3.8, 4) is 0 Å².